The van der Waals surface area contributed by atoms with Gasteiger partial charge in [0.1, 0.15) is 6.10 Å². The molecule has 0 aromatic carbocycles. The molecule has 0 radical (unpaired) electrons. The number of hydrogen-bond donors (Lipinski definition) is 1. The standard InChI is InChI=1S/C44H80O4/c1-3-5-7-9-11-13-15-17-19-20-22-24-26-28-30-32-37-41-44(47)48-42(39-35-33-36-40-43(45)46)38-34-31-29-27-25-23-21-18-16-14-12-10-8-6-4-2/h5,7,11,13,17,19,42H,3-4,6,8-10,12,14-16,18,20-41H2,1-2H3,(H,45,46)/b7-5-,13-11-,19-17-. The van der Waals surface area contributed by atoms with E-state index >= 15 is 0 Å². The minimum absolute atomic E-state index is 0.00248. The lowest BCUT2D eigenvalue weighted by Gasteiger charge is -2.18. The molecule has 0 fully saturated rings. The first-order chi connectivity index (χ1) is 23.6. The Balaban J connectivity index is 3.93. The second-order valence-corrected chi connectivity index (χ2v) is 14.2. The summed E-state index contributed by atoms with van der Waals surface area (Å²) in [5.41, 5.74) is 0. The normalized spacial score (nSPS) is 12.5. The summed E-state index contributed by atoms with van der Waals surface area (Å²) in [6.45, 7) is 4.45. The van der Waals surface area contributed by atoms with Crippen LogP contribution in [0.5, 0.6) is 0 Å². The number of ether oxygens (including phenoxy) is 1. The maximum atomic E-state index is 12.6. The van der Waals surface area contributed by atoms with E-state index in [9.17, 15) is 9.59 Å². The number of carbonyl (C=O) groups excluding carboxylic acids is 1. The zero-order chi connectivity index (χ0) is 35.0. The van der Waals surface area contributed by atoms with Gasteiger partial charge in [0.25, 0.3) is 0 Å². The van der Waals surface area contributed by atoms with Crippen LogP contribution in [0.2, 0.25) is 0 Å². The number of rotatable bonds is 38. The van der Waals surface area contributed by atoms with Gasteiger partial charge >= 0.3 is 11.9 Å². The zero-order valence-electron chi connectivity index (χ0n) is 32.0. The van der Waals surface area contributed by atoms with Crippen molar-refractivity contribution in [3.8, 4) is 0 Å². The van der Waals surface area contributed by atoms with Gasteiger partial charge in [-0.3, -0.25) is 9.59 Å². The van der Waals surface area contributed by atoms with Crippen LogP contribution in [0.1, 0.15) is 226 Å². The second kappa shape index (κ2) is 39.6. The molecule has 0 aromatic rings. The second-order valence-electron chi connectivity index (χ2n) is 14.2. The van der Waals surface area contributed by atoms with E-state index in [1.54, 1.807) is 0 Å². The van der Waals surface area contributed by atoms with Crippen molar-refractivity contribution in [3.63, 3.8) is 0 Å². The molecule has 0 bridgehead atoms. The molecule has 0 saturated carbocycles. The summed E-state index contributed by atoms with van der Waals surface area (Å²) in [5.74, 6) is -0.760. The van der Waals surface area contributed by atoms with Crippen LogP contribution in [0, 0.1) is 0 Å². The molecule has 1 unspecified atom stereocenters. The minimum Gasteiger partial charge on any atom is -0.481 e. The van der Waals surface area contributed by atoms with Crippen LogP contribution in [0.3, 0.4) is 0 Å². The van der Waals surface area contributed by atoms with E-state index in [1.165, 1.54) is 128 Å². The molecule has 1 atom stereocenters. The van der Waals surface area contributed by atoms with Gasteiger partial charge in [-0.1, -0.05) is 179 Å². The average Bonchev–Trinajstić information content (AvgIpc) is 3.07. The molecular formula is C44H80O4. The highest BCUT2D eigenvalue weighted by atomic mass is 16.5. The third kappa shape index (κ3) is 38.6. The molecule has 0 spiro atoms. The van der Waals surface area contributed by atoms with Crippen molar-refractivity contribution in [1.29, 1.82) is 0 Å². The van der Waals surface area contributed by atoms with Gasteiger partial charge in [-0.25, -0.2) is 0 Å². The maximum Gasteiger partial charge on any atom is 0.306 e. The summed E-state index contributed by atoms with van der Waals surface area (Å²) in [5, 5.41) is 8.91. The Hall–Kier alpha value is -1.84. The topological polar surface area (TPSA) is 63.6 Å². The van der Waals surface area contributed by atoms with Crippen LogP contribution in [-0.4, -0.2) is 23.1 Å². The first-order valence-corrected chi connectivity index (χ1v) is 21.0. The number of aliphatic carboxylic acids is 1. The van der Waals surface area contributed by atoms with Crippen molar-refractivity contribution in [2.75, 3.05) is 0 Å². The lowest BCUT2D eigenvalue weighted by Crippen LogP contribution is -2.18. The molecule has 0 rings (SSSR count). The number of esters is 1. The quantitative estimate of drug-likeness (QED) is 0.0403. The van der Waals surface area contributed by atoms with Gasteiger partial charge in [0, 0.05) is 12.8 Å². The SMILES string of the molecule is CC/C=C\C/C=C\C/C=C\CCCCCCCCCC(=O)OC(CCCCCCCCCCCCCCCCC)CCCCCC(=O)O. The molecule has 0 aliphatic heterocycles. The Morgan fingerprint density at radius 2 is 0.875 bits per heavy atom. The maximum absolute atomic E-state index is 12.6. The molecular weight excluding hydrogens is 592 g/mol. The third-order valence-electron chi connectivity index (χ3n) is 9.38. The number of unbranched alkanes of at least 4 members (excludes halogenated alkanes) is 23. The summed E-state index contributed by atoms with van der Waals surface area (Å²) < 4.78 is 5.96. The van der Waals surface area contributed by atoms with E-state index < -0.39 is 5.97 Å². The van der Waals surface area contributed by atoms with E-state index in [0.717, 1.165) is 64.2 Å². The molecule has 48 heavy (non-hydrogen) atoms. The fraction of sp³-hybridized carbons (Fsp3) is 0.818. The Labute approximate surface area is 299 Å². The molecule has 1 N–H and O–H groups in total. The van der Waals surface area contributed by atoms with E-state index in [-0.39, 0.29) is 18.5 Å². The summed E-state index contributed by atoms with van der Waals surface area (Å²) in [7, 11) is 0. The summed E-state index contributed by atoms with van der Waals surface area (Å²) in [6, 6.07) is 0. The minimum atomic E-state index is -0.724. The van der Waals surface area contributed by atoms with Crippen LogP contribution in [0.4, 0.5) is 0 Å². The van der Waals surface area contributed by atoms with E-state index in [1.807, 2.05) is 0 Å². The summed E-state index contributed by atoms with van der Waals surface area (Å²) >= 11 is 0. The number of hydrogen-bond acceptors (Lipinski definition) is 3. The predicted molar refractivity (Wildman–Crippen MR) is 209 cm³/mol. The number of allylic oxidation sites excluding steroid dienone is 6. The predicted octanol–water partition coefficient (Wildman–Crippen LogP) is 14.6. The molecule has 0 aliphatic rings. The van der Waals surface area contributed by atoms with Gasteiger partial charge in [-0.15, -0.1) is 0 Å². The van der Waals surface area contributed by atoms with Crippen LogP contribution in [-0.2, 0) is 14.3 Å². The highest BCUT2D eigenvalue weighted by molar-refractivity contribution is 5.69. The van der Waals surface area contributed by atoms with Crippen molar-refractivity contribution in [3.05, 3.63) is 36.5 Å². The first-order valence-electron chi connectivity index (χ1n) is 21.0. The van der Waals surface area contributed by atoms with Gasteiger partial charge < -0.3 is 9.84 Å². The number of carbonyl (C=O) groups is 2. The van der Waals surface area contributed by atoms with Gasteiger partial charge in [-0.05, 0) is 70.6 Å². The molecule has 4 nitrogen and oxygen atoms in total. The van der Waals surface area contributed by atoms with Gasteiger partial charge in [0.2, 0.25) is 0 Å². The van der Waals surface area contributed by atoms with Crippen LogP contribution < -0.4 is 0 Å². The van der Waals surface area contributed by atoms with Crippen molar-refractivity contribution in [2.24, 2.45) is 0 Å². The monoisotopic (exact) mass is 673 g/mol. The molecule has 0 heterocycles. The summed E-state index contributed by atoms with van der Waals surface area (Å²) in [4.78, 5) is 23.5. The van der Waals surface area contributed by atoms with Gasteiger partial charge in [0.05, 0.1) is 0 Å². The molecule has 0 aromatic heterocycles. The number of carboxylic acids is 1. The number of carboxylic acid groups (broad SMARTS) is 1. The molecule has 4 heteroatoms. The van der Waals surface area contributed by atoms with E-state index in [4.69, 9.17) is 9.84 Å². The van der Waals surface area contributed by atoms with Crippen LogP contribution >= 0.6 is 0 Å². The van der Waals surface area contributed by atoms with Crippen molar-refractivity contribution < 1.29 is 19.4 Å². The molecule has 280 valence electrons. The molecule has 0 saturated heterocycles. The van der Waals surface area contributed by atoms with Crippen molar-refractivity contribution in [1.82, 2.24) is 0 Å². The highest BCUT2D eigenvalue weighted by Crippen LogP contribution is 2.19. The fourth-order valence-corrected chi connectivity index (χ4v) is 6.32. The van der Waals surface area contributed by atoms with E-state index in [2.05, 4.69) is 50.3 Å². The Morgan fingerprint density at radius 3 is 1.38 bits per heavy atom. The Kier molecular flexibility index (Phi) is 38.1. The fourth-order valence-electron chi connectivity index (χ4n) is 6.32. The largest absolute Gasteiger partial charge is 0.481 e. The van der Waals surface area contributed by atoms with Crippen LogP contribution in [0.15, 0.2) is 36.5 Å². The lowest BCUT2D eigenvalue weighted by atomic mass is 10.0. The smallest absolute Gasteiger partial charge is 0.306 e. The third-order valence-corrected chi connectivity index (χ3v) is 9.38. The Morgan fingerprint density at radius 1 is 0.479 bits per heavy atom. The van der Waals surface area contributed by atoms with E-state index in [0.29, 0.717) is 12.8 Å². The highest BCUT2D eigenvalue weighted by Gasteiger charge is 2.14. The zero-order valence-corrected chi connectivity index (χ0v) is 32.0. The van der Waals surface area contributed by atoms with Crippen LogP contribution in [0.25, 0.3) is 0 Å². The average molecular weight is 673 g/mol. The van der Waals surface area contributed by atoms with Gasteiger partial charge in [0.15, 0.2) is 0 Å². The Bertz CT molecular complexity index is 768. The lowest BCUT2D eigenvalue weighted by molar-refractivity contribution is -0.150. The van der Waals surface area contributed by atoms with Gasteiger partial charge in [-0.2, -0.15) is 0 Å². The molecule has 0 amide bonds. The van der Waals surface area contributed by atoms with Crippen molar-refractivity contribution >= 4 is 11.9 Å². The summed E-state index contributed by atoms with van der Waals surface area (Å²) in [6.07, 6.45) is 51.6. The first kappa shape index (κ1) is 46.2. The van der Waals surface area contributed by atoms with Crippen molar-refractivity contribution in [2.45, 2.75) is 232 Å². The molecule has 0 aliphatic carbocycles.